The van der Waals surface area contributed by atoms with Gasteiger partial charge in [-0.15, -0.1) is 11.3 Å². The summed E-state index contributed by atoms with van der Waals surface area (Å²) in [5.41, 5.74) is -0.405. The zero-order valence-corrected chi connectivity index (χ0v) is 8.09. The van der Waals surface area contributed by atoms with Gasteiger partial charge in [0.15, 0.2) is 0 Å². The molecule has 2 N–H and O–H groups in total. The highest BCUT2D eigenvalue weighted by atomic mass is 32.1. The molecule has 0 unspecified atom stereocenters. The predicted octanol–water partition coefficient (Wildman–Crippen LogP) is 0.221. The van der Waals surface area contributed by atoms with Gasteiger partial charge in [0.2, 0.25) is 0 Å². The average Bonchev–Trinajstić information content (AvgIpc) is 2.57. The molecule has 0 saturated heterocycles. The van der Waals surface area contributed by atoms with E-state index in [1.54, 1.807) is 6.20 Å². The second-order valence-electron chi connectivity index (χ2n) is 2.96. The van der Waals surface area contributed by atoms with Crippen LogP contribution in [0.4, 0.5) is 0 Å². The number of nitrogens with one attached hydrogen (secondary N) is 2. The van der Waals surface area contributed by atoms with Gasteiger partial charge < -0.3 is 4.98 Å². The molecule has 74 valence electrons. The lowest BCUT2D eigenvalue weighted by molar-refractivity contribution is 1.09. The van der Waals surface area contributed by atoms with E-state index in [0.717, 1.165) is 0 Å². The molecular weight excluding hydrogens is 216 g/mol. The lowest BCUT2D eigenvalue weighted by atomic mass is 10.3. The second-order valence-corrected chi connectivity index (χ2v) is 3.96. The molecule has 0 aromatic carbocycles. The van der Waals surface area contributed by atoms with Crippen molar-refractivity contribution in [1.82, 2.24) is 19.9 Å². The van der Waals surface area contributed by atoms with Crippen molar-refractivity contribution in [3.8, 4) is 0 Å². The van der Waals surface area contributed by atoms with Crippen molar-refractivity contribution in [2.24, 2.45) is 0 Å². The maximum absolute atomic E-state index is 11.5. The van der Waals surface area contributed by atoms with E-state index in [-0.39, 0.29) is 0 Å². The third-order valence-corrected chi connectivity index (χ3v) is 3.15. The molecule has 0 amide bonds. The van der Waals surface area contributed by atoms with Gasteiger partial charge in [-0.25, -0.2) is 14.8 Å². The Morgan fingerprint density at radius 1 is 1.27 bits per heavy atom. The topological polar surface area (TPSA) is 91.5 Å². The van der Waals surface area contributed by atoms with E-state index in [9.17, 15) is 9.59 Å². The molecule has 0 aliphatic carbocycles. The van der Waals surface area contributed by atoms with Crippen LogP contribution in [0, 0.1) is 0 Å². The van der Waals surface area contributed by atoms with Crippen molar-refractivity contribution in [1.29, 1.82) is 0 Å². The SMILES string of the molecule is O=c1[nH]c(=O)c2sc3ncncc3c2[nH]1. The number of hydrogen-bond donors (Lipinski definition) is 2. The van der Waals surface area contributed by atoms with Gasteiger partial charge in [-0.05, 0) is 0 Å². The van der Waals surface area contributed by atoms with E-state index in [4.69, 9.17) is 0 Å². The minimum absolute atomic E-state index is 0.392. The largest absolute Gasteiger partial charge is 0.326 e. The number of hydrogen-bond acceptors (Lipinski definition) is 5. The van der Waals surface area contributed by atoms with Crippen molar-refractivity contribution in [2.75, 3.05) is 0 Å². The summed E-state index contributed by atoms with van der Waals surface area (Å²) in [4.78, 5) is 35.9. The molecule has 0 bridgehead atoms. The molecule has 0 aliphatic rings. The summed E-state index contributed by atoms with van der Waals surface area (Å²) < 4.78 is 0.463. The van der Waals surface area contributed by atoms with Crippen LogP contribution in [0.3, 0.4) is 0 Å². The first-order valence-electron chi connectivity index (χ1n) is 4.10. The monoisotopic (exact) mass is 220 g/mol. The second kappa shape index (κ2) is 2.74. The Kier molecular flexibility index (Phi) is 1.51. The van der Waals surface area contributed by atoms with Crippen LogP contribution in [0.5, 0.6) is 0 Å². The fraction of sp³-hybridized carbons (Fsp3) is 0. The first-order valence-corrected chi connectivity index (χ1v) is 4.92. The first-order chi connectivity index (χ1) is 7.25. The normalized spacial score (nSPS) is 11.2. The minimum Gasteiger partial charge on any atom is -0.305 e. The zero-order valence-electron chi connectivity index (χ0n) is 7.27. The molecule has 7 heteroatoms. The summed E-state index contributed by atoms with van der Waals surface area (Å²) in [5.74, 6) is 0. The Labute approximate surface area is 85.6 Å². The smallest absolute Gasteiger partial charge is 0.305 e. The van der Waals surface area contributed by atoms with Gasteiger partial charge in [0.05, 0.1) is 10.9 Å². The van der Waals surface area contributed by atoms with Crippen molar-refractivity contribution >= 4 is 31.8 Å². The number of rotatable bonds is 0. The van der Waals surface area contributed by atoms with Crippen LogP contribution in [-0.4, -0.2) is 19.9 Å². The standard InChI is InChI=1S/C8H4N4O2S/c13-6-5-4(11-8(14)12-6)3-1-9-2-10-7(3)15-5/h1-2H,(H2,11,12,13,14). The van der Waals surface area contributed by atoms with E-state index >= 15 is 0 Å². The maximum atomic E-state index is 11.5. The molecule has 0 fully saturated rings. The van der Waals surface area contributed by atoms with Crippen LogP contribution in [0.1, 0.15) is 0 Å². The molecule has 6 nitrogen and oxygen atoms in total. The molecule has 0 radical (unpaired) electrons. The van der Waals surface area contributed by atoms with Crippen molar-refractivity contribution < 1.29 is 0 Å². The maximum Gasteiger partial charge on any atom is 0.326 e. The average molecular weight is 220 g/mol. The fourth-order valence-electron chi connectivity index (χ4n) is 1.43. The summed E-state index contributed by atoms with van der Waals surface area (Å²) >= 11 is 1.23. The van der Waals surface area contributed by atoms with Gasteiger partial charge >= 0.3 is 5.69 Å². The van der Waals surface area contributed by atoms with Crippen LogP contribution >= 0.6 is 11.3 Å². The number of nitrogens with zero attached hydrogens (tertiary/aromatic N) is 2. The highest BCUT2D eigenvalue weighted by Gasteiger charge is 2.09. The van der Waals surface area contributed by atoms with Gasteiger partial charge in [-0.2, -0.15) is 0 Å². The predicted molar refractivity (Wildman–Crippen MR) is 56.2 cm³/mol. The summed E-state index contributed by atoms with van der Waals surface area (Å²) in [7, 11) is 0. The van der Waals surface area contributed by atoms with Gasteiger partial charge in [0.1, 0.15) is 15.9 Å². The zero-order chi connectivity index (χ0) is 10.4. The quantitative estimate of drug-likeness (QED) is 0.567. The molecule has 0 saturated carbocycles. The molecule has 0 atom stereocenters. The Bertz CT molecular complexity index is 769. The van der Waals surface area contributed by atoms with E-state index in [0.29, 0.717) is 20.4 Å². The van der Waals surface area contributed by atoms with E-state index in [1.165, 1.54) is 17.7 Å². The lowest BCUT2D eigenvalue weighted by Gasteiger charge is -1.88. The third kappa shape index (κ3) is 1.10. The molecule has 15 heavy (non-hydrogen) atoms. The Hall–Kier alpha value is -2.02. The number of H-pyrrole nitrogens is 2. The molecule has 3 rings (SSSR count). The summed E-state index contributed by atoms with van der Waals surface area (Å²) in [6.07, 6.45) is 2.99. The number of fused-ring (bicyclic) bond motifs is 3. The summed E-state index contributed by atoms with van der Waals surface area (Å²) in [6.45, 7) is 0. The molecule has 0 aliphatic heterocycles. The number of aromatic amines is 2. The van der Waals surface area contributed by atoms with Gasteiger partial charge in [0, 0.05) is 6.20 Å². The van der Waals surface area contributed by atoms with Crippen LogP contribution in [0.25, 0.3) is 20.4 Å². The van der Waals surface area contributed by atoms with Crippen LogP contribution in [-0.2, 0) is 0 Å². The number of thiophene rings is 1. The van der Waals surface area contributed by atoms with E-state index in [1.807, 2.05) is 0 Å². The Morgan fingerprint density at radius 2 is 2.13 bits per heavy atom. The van der Waals surface area contributed by atoms with Crippen molar-refractivity contribution in [3.05, 3.63) is 33.4 Å². The van der Waals surface area contributed by atoms with Crippen molar-refractivity contribution in [3.63, 3.8) is 0 Å². The highest BCUT2D eigenvalue weighted by molar-refractivity contribution is 7.25. The summed E-state index contributed by atoms with van der Waals surface area (Å²) in [6, 6.07) is 0. The Morgan fingerprint density at radius 3 is 3.00 bits per heavy atom. The van der Waals surface area contributed by atoms with E-state index < -0.39 is 11.2 Å². The van der Waals surface area contributed by atoms with Gasteiger partial charge in [-0.3, -0.25) is 9.78 Å². The molecular formula is C8H4N4O2S. The third-order valence-electron chi connectivity index (χ3n) is 2.04. The van der Waals surface area contributed by atoms with Gasteiger partial charge in [0.25, 0.3) is 5.56 Å². The highest BCUT2D eigenvalue weighted by Crippen LogP contribution is 2.26. The van der Waals surface area contributed by atoms with Crippen molar-refractivity contribution in [2.45, 2.75) is 0 Å². The van der Waals surface area contributed by atoms with Gasteiger partial charge in [-0.1, -0.05) is 0 Å². The Balaban J connectivity index is 2.73. The van der Waals surface area contributed by atoms with Crippen LogP contribution < -0.4 is 11.2 Å². The summed E-state index contributed by atoms with van der Waals surface area (Å²) in [5, 5.41) is 0.695. The van der Waals surface area contributed by atoms with Crippen LogP contribution in [0.2, 0.25) is 0 Å². The van der Waals surface area contributed by atoms with Crippen LogP contribution in [0.15, 0.2) is 22.1 Å². The fourth-order valence-corrected chi connectivity index (χ4v) is 2.39. The molecule has 3 aromatic rings. The molecule has 0 spiro atoms. The molecule has 3 aromatic heterocycles. The number of aromatic nitrogens is 4. The lowest BCUT2D eigenvalue weighted by Crippen LogP contribution is -2.20. The van der Waals surface area contributed by atoms with E-state index in [2.05, 4.69) is 19.9 Å². The minimum atomic E-state index is -0.518. The first kappa shape index (κ1) is 8.30. The molecule has 3 heterocycles.